The standard InChI is InChI=1S/C24H27N3O2/c1-4-29-22-12-10-21(11-13-22)26-24(28)20-14-15-25-23(16-20)27(18(2)3)17-19-8-6-5-7-9-19/h5-16,18H,4,17H2,1-3H3,(H,26,28). The van der Waals surface area contributed by atoms with Crippen LogP contribution in [-0.2, 0) is 6.54 Å². The Bertz CT molecular complexity index is 924. The van der Waals surface area contributed by atoms with Crippen LogP contribution < -0.4 is 15.0 Å². The number of hydrogen-bond acceptors (Lipinski definition) is 4. The molecule has 5 nitrogen and oxygen atoms in total. The molecule has 150 valence electrons. The van der Waals surface area contributed by atoms with Gasteiger partial charge < -0.3 is 15.0 Å². The van der Waals surface area contributed by atoms with E-state index >= 15 is 0 Å². The Balaban J connectivity index is 1.75. The van der Waals surface area contributed by atoms with Crippen LogP contribution >= 0.6 is 0 Å². The largest absolute Gasteiger partial charge is 0.494 e. The van der Waals surface area contributed by atoms with Gasteiger partial charge in [-0.1, -0.05) is 30.3 Å². The van der Waals surface area contributed by atoms with Crippen LogP contribution in [0.4, 0.5) is 11.5 Å². The third kappa shape index (κ3) is 5.57. The second kappa shape index (κ2) is 9.73. The molecule has 5 heteroatoms. The minimum atomic E-state index is -0.166. The van der Waals surface area contributed by atoms with Gasteiger partial charge in [0.15, 0.2) is 0 Å². The third-order valence-corrected chi connectivity index (χ3v) is 4.54. The Hall–Kier alpha value is -3.34. The van der Waals surface area contributed by atoms with E-state index in [2.05, 4.69) is 41.2 Å². The van der Waals surface area contributed by atoms with Crippen molar-refractivity contribution in [2.24, 2.45) is 0 Å². The summed E-state index contributed by atoms with van der Waals surface area (Å²) in [5.41, 5.74) is 2.50. The van der Waals surface area contributed by atoms with Gasteiger partial charge in [-0.3, -0.25) is 4.79 Å². The van der Waals surface area contributed by atoms with E-state index < -0.39 is 0 Å². The Morgan fingerprint density at radius 1 is 1.07 bits per heavy atom. The van der Waals surface area contributed by atoms with Gasteiger partial charge in [0.1, 0.15) is 11.6 Å². The Labute approximate surface area is 172 Å². The molecule has 3 rings (SSSR count). The number of nitrogens with zero attached hydrogens (tertiary/aromatic N) is 2. The van der Waals surface area contributed by atoms with E-state index in [0.29, 0.717) is 12.2 Å². The number of rotatable bonds is 8. The van der Waals surface area contributed by atoms with E-state index in [4.69, 9.17) is 4.74 Å². The summed E-state index contributed by atoms with van der Waals surface area (Å²) in [5.74, 6) is 1.40. The lowest BCUT2D eigenvalue weighted by atomic mass is 10.1. The van der Waals surface area contributed by atoms with Gasteiger partial charge in [0, 0.05) is 30.0 Å². The van der Waals surface area contributed by atoms with Crippen molar-refractivity contribution < 1.29 is 9.53 Å². The molecule has 3 aromatic rings. The third-order valence-electron chi connectivity index (χ3n) is 4.54. The second-order valence-corrected chi connectivity index (χ2v) is 7.02. The van der Waals surface area contributed by atoms with Gasteiger partial charge in [0.25, 0.3) is 5.91 Å². The van der Waals surface area contributed by atoms with E-state index in [-0.39, 0.29) is 11.9 Å². The Kier molecular flexibility index (Phi) is 6.85. The topological polar surface area (TPSA) is 54.5 Å². The van der Waals surface area contributed by atoms with Crippen LogP contribution in [0.2, 0.25) is 0 Å². The molecule has 0 fully saturated rings. The van der Waals surface area contributed by atoms with Crippen molar-refractivity contribution in [1.29, 1.82) is 0 Å². The van der Waals surface area contributed by atoms with Crippen LogP contribution in [0.5, 0.6) is 5.75 Å². The van der Waals surface area contributed by atoms with Crippen LogP contribution in [0, 0.1) is 0 Å². The van der Waals surface area contributed by atoms with E-state index in [0.717, 1.165) is 23.8 Å². The van der Waals surface area contributed by atoms with Gasteiger partial charge in [0.05, 0.1) is 6.61 Å². The molecule has 0 aliphatic carbocycles. The highest BCUT2D eigenvalue weighted by Gasteiger charge is 2.15. The molecule has 0 saturated carbocycles. The molecule has 1 heterocycles. The fourth-order valence-electron chi connectivity index (χ4n) is 3.03. The van der Waals surface area contributed by atoms with Crippen molar-refractivity contribution in [3.63, 3.8) is 0 Å². The first-order chi connectivity index (χ1) is 14.1. The second-order valence-electron chi connectivity index (χ2n) is 7.02. The van der Waals surface area contributed by atoms with E-state index in [1.807, 2.05) is 55.5 Å². The van der Waals surface area contributed by atoms with Crippen LogP contribution in [0.25, 0.3) is 0 Å². The van der Waals surface area contributed by atoms with Crippen molar-refractivity contribution in [3.05, 3.63) is 84.1 Å². The molecule has 0 spiro atoms. The molecule has 0 aliphatic heterocycles. The number of ether oxygens (including phenoxy) is 1. The van der Waals surface area contributed by atoms with Crippen molar-refractivity contribution in [2.45, 2.75) is 33.4 Å². The van der Waals surface area contributed by atoms with Crippen LogP contribution in [0.15, 0.2) is 72.9 Å². The molecule has 0 aliphatic rings. The molecule has 1 N–H and O–H groups in total. The predicted molar refractivity (Wildman–Crippen MR) is 118 cm³/mol. The molecular weight excluding hydrogens is 362 g/mol. The first kappa shape index (κ1) is 20.4. The molecule has 0 radical (unpaired) electrons. The summed E-state index contributed by atoms with van der Waals surface area (Å²) in [4.78, 5) is 19.4. The van der Waals surface area contributed by atoms with Crippen molar-refractivity contribution in [1.82, 2.24) is 4.98 Å². The van der Waals surface area contributed by atoms with Gasteiger partial charge in [-0.25, -0.2) is 4.98 Å². The molecule has 0 unspecified atom stereocenters. The normalized spacial score (nSPS) is 10.6. The van der Waals surface area contributed by atoms with Crippen molar-refractivity contribution >= 4 is 17.4 Å². The highest BCUT2D eigenvalue weighted by molar-refractivity contribution is 6.04. The van der Waals surface area contributed by atoms with Crippen LogP contribution in [0.1, 0.15) is 36.7 Å². The number of aromatic nitrogens is 1. The van der Waals surface area contributed by atoms with Crippen molar-refractivity contribution in [3.8, 4) is 5.75 Å². The number of nitrogens with one attached hydrogen (secondary N) is 1. The Morgan fingerprint density at radius 2 is 1.79 bits per heavy atom. The maximum absolute atomic E-state index is 12.7. The van der Waals surface area contributed by atoms with E-state index in [9.17, 15) is 4.79 Å². The lowest BCUT2D eigenvalue weighted by Gasteiger charge is -2.28. The number of carbonyl (C=O) groups excluding carboxylic acids is 1. The molecule has 2 aromatic carbocycles. The summed E-state index contributed by atoms with van der Waals surface area (Å²) in [5, 5.41) is 2.93. The number of benzene rings is 2. The van der Waals surface area contributed by atoms with Gasteiger partial charge in [-0.15, -0.1) is 0 Å². The quantitative estimate of drug-likeness (QED) is 0.579. The summed E-state index contributed by atoms with van der Waals surface area (Å²) < 4.78 is 5.44. The summed E-state index contributed by atoms with van der Waals surface area (Å²) in [6.45, 7) is 7.53. The summed E-state index contributed by atoms with van der Waals surface area (Å²) in [6.07, 6.45) is 1.68. The lowest BCUT2D eigenvalue weighted by molar-refractivity contribution is 0.102. The summed E-state index contributed by atoms with van der Waals surface area (Å²) in [6, 6.07) is 21.4. The number of carbonyl (C=O) groups is 1. The molecule has 29 heavy (non-hydrogen) atoms. The highest BCUT2D eigenvalue weighted by atomic mass is 16.5. The lowest BCUT2D eigenvalue weighted by Crippen LogP contribution is -2.31. The molecule has 0 atom stereocenters. The number of pyridine rings is 1. The minimum absolute atomic E-state index is 0.166. The Morgan fingerprint density at radius 3 is 2.45 bits per heavy atom. The van der Waals surface area contributed by atoms with Crippen molar-refractivity contribution in [2.75, 3.05) is 16.8 Å². The summed E-state index contributed by atoms with van der Waals surface area (Å²) >= 11 is 0. The number of hydrogen-bond donors (Lipinski definition) is 1. The molecule has 1 amide bonds. The maximum atomic E-state index is 12.7. The zero-order valence-electron chi connectivity index (χ0n) is 17.1. The van der Waals surface area contributed by atoms with Gasteiger partial charge in [0.2, 0.25) is 0 Å². The first-order valence-electron chi connectivity index (χ1n) is 9.87. The van der Waals surface area contributed by atoms with Crippen LogP contribution in [-0.4, -0.2) is 23.5 Å². The monoisotopic (exact) mass is 389 g/mol. The van der Waals surface area contributed by atoms with Gasteiger partial charge >= 0.3 is 0 Å². The average Bonchev–Trinajstić information content (AvgIpc) is 2.74. The molecular formula is C24H27N3O2. The SMILES string of the molecule is CCOc1ccc(NC(=O)c2ccnc(N(Cc3ccccc3)C(C)C)c2)cc1. The van der Waals surface area contributed by atoms with Crippen LogP contribution in [0.3, 0.4) is 0 Å². The smallest absolute Gasteiger partial charge is 0.255 e. The van der Waals surface area contributed by atoms with Gasteiger partial charge in [-0.05, 0) is 62.7 Å². The zero-order chi connectivity index (χ0) is 20.6. The number of amides is 1. The molecule has 1 aromatic heterocycles. The fraction of sp³-hybridized carbons (Fsp3) is 0.250. The fourth-order valence-corrected chi connectivity index (χ4v) is 3.03. The molecule has 0 saturated heterocycles. The highest BCUT2D eigenvalue weighted by Crippen LogP contribution is 2.21. The average molecular weight is 389 g/mol. The maximum Gasteiger partial charge on any atom is 0.255 e. The van der Waals surface area contributed by atoms with E-state index in [1.54, 1.807) is 12.3 Å². The zero-order valence-corrected chi connectivity index (χ0v) is 17.1. The summed E-state index contributed by atoms with van der Waals surface area (Å²) in [7, 11) is 0. The number of anilines is 2. The van der Waals surface area contributed by atoms with Gasteiger partial charge in [-0.2, -0.15) is 0 Å². The molecule has 0 bridgehead atoms. The first-order valence-corrected chi connectivity index (χ1v) is 9.87. The minimum Gasteiger partial charge on any atom is -0.494 e. The van der Waals surface area contributed by atoms with E-state index in [1.165, 1.54) is 5.56 Å². The predicted octanol–water partition coefficient (Wildman–Crippen LogP) is 5.15.